The van der Waals surface area contributed by atoms with E-state index in [1.165, 1.54) is 15.3 Å². The maximum atomic E-state index is 12.4. The van der Waals surface area contributed by atoms with Crippen molar-refractivity contribution in [3.05, 3.63) is 23.7 Å². The molecule has 8 nitrogen and oxygen atoms in total. The molecule has 1 atom stereocenters. The molecule has 1 aliphatic heterocycles. The molecule has 1 aromatic heterocycles. The number of rotatable bonds is 7. The van der Waals surface area contributed by atoms with Crippen molar-refractivity contribution < 1.29 is 22.4 Å². The van der Waals surface area contributed by atoms with Gasteiger partial charge in [-0.3, -0.25) is 4.79 Å². The van der Waals surface area contributed by atoms with Gasteiger partial charge in [0.05, 0.1) is 13.2 Å². The van der Waals surface area contributed by atoms with E-state index in [0.717, 1.165) is 12.8 Å². The second-order valence-electron chi connectivity index (χ2n) is 5.65. The van der Waals surface area contributed by atoms with Crippen molar-refractivity contribution in [1.82, 2.24) is 13.9 Å². The van der Waals surface area contributed by atoms with E-state index in [2.05, 4.69) is 4.72 Å². The van der Waals surface area contributed by atoms with Gasteiger partial charge in [-0.15, -0.1) is 0 Å². The predicted octanol–water partition coefficient (Wildman–Crippen LogP) is 0.427. The van der Waals surface area contributed by atoms with Crippen LogP contribution in [0.5, 0.6) is 0 Å². The maximum Gasteiger partial charge on any atom is 0.289 e. The van der Waals surface area contributed by atoms with Gasteiger partial charge in [-0.2, -0.15) is 17.4 Å². The van der Waals surface area contributed by atoms with Crippen molar-refractivity contribution in [3.8, 4) is 0 Å². The van der Waals surface area contributed by atoms with Crippen LogP contribution in [0.15, 0.2) is 16.5 Å². The lowest BCUT2D eigenvalue weighted by Crippen LogP contribution is -2.44. The van der Waals surface area contributed by atoms with Crippen LogP contribution >= 0.6 is 0 Å². The molecule has 1 aromatic rings. The van der Waals surface area contributed by atoms with Gasteiger partial charge in [-0.05, 0) is 25.0 Å². The van der Waals surface area contributed by atoms with Crippen LogP contribution in [0, 0.1) is 0 Å². The molecule has 0 radical (unpaired) electrons. The van der Waals surface area contributed by atoms with Crippen molar-refractivity contribution in [3.63, 3.8) is 0 Å². The Hall–Kier alpha value is -1.42. The van der Waals surface area contributed by atoms with E-state index in [9.17, 15) is 13.2 Å². The largest absolute Gasteiger partial charge is 0.455 e. The summed E-state index contributed by atoms with van der Waals surface area (Å²) in [5, 5.41) is 0. The number of carbonyl (C=O) groups is 1. The number of nitrogens with zero attached hydrogens (tertiary/aromatic N) is 2. The van der Waals surface area contributed by atoms with E-state index in [4.69, 9.17) is 9.15 Å². The van der Waals surface area contributed by atoms with Crippen molar-refractivity contribution >= 4 is 16.1 Å². The molecule has 2 rings (SSSR count). The van der Waals surface area contributed by atoms with Crippen LogP contribution in [-0.4, -0.2) is 63.9 Å². The number of hydrogen-bond acceptors (Lipinski definition) is 5. The molecule has 1 saturated heterocycles. The lowest BCUT2D eigenvalue weighted by Gasteiger charge is -2.23. The first-order chi connectivity index (χ1) is 10.8. The Morgan fingerprint density at radius 3 is 2.87 bits per heavy atom. The number of ether oxygens (including phenoxy) is 1. The van der Waals surface area contributed by atoms with Crippen molar-refractivity contribution in [2.45, 2.75) is 25.4 Å². The summed E-state index contributed by atoms with van der Waals surface area (Å²) in [4.78, 5) is 13.1. The highest BCUT2D eigenvalue weighted by Gasteiger charge is 2.34. The smallest absolute Gasteiger partial charge is 0.289 e. The number of furan rings is 1. The number of carbonyl (C=O) groups excluding carboxylic acids is 1. The molecule has 1 aliphatic rings. The fourth-order valence-electron chi connectivity index (χ4n) is 2.54. The minimum Gasteiger partial charge on any atom is -0.455 e. The molecule has 0 aliphatic carbocycles. The Bertz CT molecular complexity index is 641. The van der Waals surface area contributed by atoms with Gasteiger partial charge in [0.1, 0.15) is 5.76 Å². The first-order valence-corrected chi connectivity index (χ1v) is 8.85. The summed E-state index contributed by atoms with van der Waals surface area (Å²) in [6, 6.07) is 2.99. The van der Waals surface area contributed by atoms with Gasteiger partial charge < -0.3 is 14.1 Å². The van der Waals surface area contributed by atoms with Crippen LogP contribution in [0.1, 0.15) is 29.2 Å². The molecular formula is C14H23N3O5S. The third-order valence-corrected chi connectivity index (χ3v) is 5.31. The van der Waals surface area contributed by atoms with Crippen LogP contribution in [0.4, 0.5) is 0 Å². The molecule has 23 heavy (non-hydrogen) atoms. The van der Waals surface area contributed by atoms with Gasteiger partial charge in [0, 0.05) is 33.8 Å². The lowest BCUT2D eigenvalue weighted by molar-refractivity contribution is 0.0795. The number of methoxy groups -OCH3 is 1. The molecule has 9 heteroatoms. The fraction of sp³-hybridized carbons (Fsp3) is 0.643. The van der Waals surface area contributed by atoms with E-state index in [0.29, 0.717) is 18.9 Å². The summed E-state index contributed by atoms with van der Waals surface area (Å²) in [6.07, 6.45) is 1.61. The quantitative estimate of drug-likeness (QED) is 0.773. The predicted molar refractivity (Wildman–Crippen MR) is 84.1 cm³/mol. The first-order valence-electron chi connectivity index (χ1n) is 7.41. The van der Waals surface area contributed by atoms with Gasteiger partial charge in [0.2, 0.25) is 0 Å². The third kappa shape index (κ3) is 4.31. The Balaban J connectivity index is 1.98. The zero-order valence-corrected chi connectivity index (χ0v) is 14.4. The molecule has 0 saturated carbocycles. The molecule has 1 fully saturated rings. The highest BCUT2D eigenvalue weighted by atomic mass is 32.2. The normalized spacial score (nSPS) is 19.2. The molecule has 1 unspecified atom stereocenters. The first kappa shape index (κ1) is 17.9. The average Bonchev–Trinajstić information content (AvgIpc) is 3.14. The standard InChI is InChI=1S/C14H23N3O5S/c1-16(2)14(18)13-7-6-12(22-13)9-15-23(19,20)17-8-4-5-11(17)10-21-3/h6-7,11,15H,4-5,8-10H2,1-3H3. The topological polar surface area (TPSA) is 92.1 Å². The zero-order valence-electron chi connectivity index (χ0n) is 13.6. The summed E-state index contributed by atoms with van der Waals surface area (Å²) in [5.41, 5.74) is 0. The summed E-state index contributed by atoms with van der Waals surface area (Å²) in [5.74, 6) is 0.308. The second-order valence-corrected chi connectivity index (χ2v) is 7.36. The Kier molecular flexibility index (Phi) is 5.79. The minimum atomic E-state index is -3.61. The summed E-state index contributed by atoms with van der Waals surface area (Å²) in [6.45, 7) is 0.855. The molecule has 0 spiro atoms. The van der Waals surface area contributed by atoms with Gasteiger partial charge in [0.15, 0.2) is 5.76 Å². The van der Waals surface area contributed by atoms with E-state index in [1.807, 2.05) is 0 Å². The second kappa shape index (κ2) is 7.43. The van der Waals surface area contributed by atoms with Crippen molar-refractivity contribution in [2.24, 2.45) is 0 Å². The molecule has 0 aromatic carbocycles. The lowest BCUT2D eigenvalue weighted by atomic mass is 10.2. The third-order valence-electron chi connectivity index (χ3n) is 3.70. The Morgan fingerprint density at radius 2 is 2.22 bits per heavy atom. The van der Waals surface area contributed by atoms with Crippen LogP contribution in [-0.2, 0) is 21.5 Å². The molecule has 130 valence electrons. The highest BCUT2D eigenvalue weighted by molar-refractivity contribution is 7.87. The molecular weight excluding hydrogens is 322 g/mol. The Morgan fingerprint density at radius 1 is 1.48 bits per heavy atom. The van der Waals surface area contributed by atoms with E-state index >= 15 is 0 Å². The van der Waals surface area contributed by atoms with Crippen LogP contribution < -0.4 is 4.72 Å². The minimum absolute atomic E-state index is 0.000750. The fourth-order valence-corrected chi connectivity index (χ4v) is 3.96. The summed E-state index contributed by atoms with van der Waals surface area (Å²) in [7, 11) is 1.19. The maximum absolute atomic E-state index is 12.4. The monoisotopic (exact) mass is 345 g/mol. The molecule has 1 amide bonds. The van der Waals surface area contributed by atoms with Gasteiger partial charge in [-0.25, -0.2) is 0 Å². The van der Waals surface area contributed by atoms with Crippen molar-refractivity contribution in [1.29, 1.82) is 0 Å². The molecule has 0 bridgehead atoms. The number of nitrogens with one attached hydrogen (secondary N) is 1. The van der Waals surface area contributed by atoms with E-state index in [1.54, 1.807) is 27.3 Å². The van der Waals surface area contributed by atoms with Crippen LogP contribution in [0.3, 0.4) is 0 Å². The highest BCUT2D eigenvalue weighted by Crippen LogP contribution is 2.20. The van der Waals surface area contributed by atoms with Crippen molar-refractivity contribution in [2.75, 3.05) is 34.4 Å². The number of hydrogen-bond donors (Lipinski definition) is 1. The van der Waals surface area contributed by atoms with Gasteiger partial charge in [0.25, 0.3) is 16.1 Å². The van der Waals surface area contributed by atoms with Crippen LogP contribution in [0.2, 0.25) is 0 Å². The average molecular weight is 345 g/mol. The SMILES string of the molecule is COCC1CCCN1S(=O)(=O)NCc1ccc(C(=O)N(C)C)o1. The van der Waals surface area contributed by atoms with E-state index in [-0.39, 0.29) is 24.3 Å². The summed E-state index contributed by atoms with van der Waals surface area (Å²) >= 11 is 0. The Labute approximate surface area is 136 Å². The van der Waals surface area contributed by atoms with Gasteiger partial charge >= 0.3 is 0 Å². The molecule has 2 heterocycles. The summed E-state index contributed by atoms with van der Waals surface area (Å²) < 4.78 is 39.1. The van der Waals surface area contributed by atoms with Gasteiger partial charge in [-0.1, -0.05) is 0 Å². The zero-order chi connectivity index (χ0) is 17.0. The molecule has 1 N–H and O–H groups in total. The van der Waals surface area contributed by atoms with E-state index < -0.39 is 10.2 Å². The van der Waals surface area contributed by atoms with Crippen LogP contribution in [0.25, 0.3) is 0 Å². The number of amides is 1.